The van der Waals surface area contributed by atoms with Gasteiger partial charge in [0, 0.05) is 18.8 Å². The van der Waals surface area contributed by atoms with Crippen LogP contribution in [0, 0.1) is 23.7 Å². The number of hydrogen-bond acceptors (Lipinski definition) is 2. The van der Waals surface area contributed by atoms with Gasteiger partial charge in [-0.15, -0.1) is 0 Å². The Balaban J connectivity index is 1.68. The van der Waals surface area contributed by atoms with Crippen molar-refractivity contribution in [3.63, 3.8) is 0 Å². The lowest BCUT2D eigenvalue weighted by Gasteiger charge is -2.21. The Kier molecular flexibility index (Phi) is 3.66. The summed E-state index contributed by atoms with van der Waals surface area (Å²) < 4.78 is 2.34. The van der Waals surface area contributed by atoms with E-state index >= 15 is 0 Å². The average Bonchev–Trinajstić information content (AvgIpc) is 3.25. The molecule has 0 spiro atoms. The zero-order chi connectivity index (χ0) is 13.4. The van der Waals surface area contributed by atoms with Gasteiger partial charge in [0.2, 0.25) is 0 Å². The summed E-state index contributed by atoms with van der Waals surface area (Å²) in [6.45, 7) is 5.62. The van der Waals surface area contributed by atoms with Crippen LogP contribution >= 0.6 is 0 Å². The summed E-state index contributed by atoms with van der Waals surface area (Å²) in [5.74, 6) is 3.51. The fourth-order valence-corrected chi connectivity index (χ4v) is 3.38. The molecular formula is C16H27N3. The highest BCUT2D eigenvalue weighted by molar-refractivity contribution is 5.06. The van der Waals surface area contributed by atoms with Gasteiger partial charge in [-0.25, -0.2) is 4.98 Å². The lowest BCUT2D eigenvalue weighted by Crippen LogP contribution is -2.21. The number of imidazole rings is 1. The van der Waals surface area contributed by atoms with Crippen molar-refractivity contribution in [1.82, 2.24) is 9.55 Å². The van der Waals surface area contributed by atoms with E-state index in [0.29, 0.717) is 5.92 Å². The number of nitrogens with two attached hydrogens (primary N) is 1. The Hall–Kier alpha value is -0.830. The molecule has 2 aliphatic carbocycles. The minimum absolute atomic E-state index is 0.140. The van der Waals surface area contributed by atoms with Gasteiger partial charge in [-0.1, -0.05) is 13.8 Å². The highest BCUT2D eigenvalue weighted by atomic mass is 15.1. The number of nitrogens with zero attached hydrogens (tertiary/aromatic N) is 2. The van der Waals surface area contributed by atoms with Gasteiger partial charge in [-0.05, 0) is 55.8 Å². The van der Waals surface area contributed by atoms with E-state index in [-0.39, 0.29) is 6.04 Å². The molecule has 0 radical (unpaired) electrons. The molecule has 1 heterocycles. The summed E-state index contributed by atoms with van der Waals surface area (Å²) >= 11 is 0. The molecule has 1 aromatic heterocycles. The lowest BCUT2D eigenvalue weighted by molar-refractivity contribution is 0.339. The molecule has 1 unspecified atom stereocenters. The second-order valence-corrected chi connectivity index (χ2v) is 7.05. The maximum atomic E-state index is 6.34. The SMILES string of the molecule is CC(C)CC(N)c1cncn1CC(C1CC1)C1CC1. The van der Waals surface area contributed by atoms with Crippen molar-refractivity contribution in [1.29, 1.82) is 0 Å². The summed E-state index contributed by atoms with van der Waals surface area (Å²) in [4.78, 5) is 4.35. The summed E-state index contributed by atoms with van der Waals surface area (Å²) in [6, 6.07) is 0.140. The van der Waals surface area contributed by atoms with Gasteiger partial charge >= 0.3 is 0 Å². The predicted octanol–water partition coefficient (Wildman–Crippen LogP) is 3.37. The summed E-state index contributed by atoms with van der Waals surface area (Å²) in [5.41, 5.74) is 7.58. The molecule has 0 bridgehead atoms. The first-order valence-electron chi connectivity index (χ1n) is 7.90. The fourth-order valence-electron chi connectivity index (χ4n) is 3.38. The van der Waals surface area contributed by atoms with Gasteiger partial charge in [-0.2, -0.15) is 0 Å². The molecule has 2 fully saturated rings. The van der Waals surface area contributed by atoms with Crippen LogP contribution in [-0.4, -0.2) is 9.55 Å². The zero-order valence-electron chi connectivity index (χ0n) is 12.3. The van der Waals surface area contributed by atoms with Crippen LogP contribution in [0.5, 0.6) is 0 Å². The predicted molar refractivity (Wildman–Crippen MR) is 77.5 cm³/mol. The van der Waals surface area contributed by atoms with Crippen molar-refractivity contribution in [3.8, 4) is 0 Å². The highest BCUT2D eigenvalue weighted by Crippen LogP contribution is 2.50. The molecule has 0 aromatic carbocycles. The molecule has 3 rings (SSSR count). The van der Waals surface area contributed by atoms with Crippen molar-refractivity contribution >= 4 is 0 Å². The van der Waals surface area contributed by atoms with Crippen LogP contribution in [0.3, 0.4) is 0 Å². The molecule has 3 heteroatoms. The number of hydrogen-bond donors (Lipinski definition) is 1. The molecule has 2 aliphatic rings. The standard InChI is InChI=1S/C16H27N3/c1-11(2)7-15(17)16-8-18-10-19(16)9-14(12-3-4-12)13-5-6-13/h8,10-15H,3-7,9,17H2,1-2H3. The second kappa shape index (κ2) is 5.28. The highest BCUT2D eigenvalue weighted by Gasteiger charge is 2.41. The number of aromatic nitrogens is 2. The smallest absolute Gasteiger partial charge is 0.0948 e. The molecule has 0 amide bonds. The van der Waals surface area contributed by atoms with Gasteiger partial charge in [0.05, 0.1) is 12.0 Å². The molecule has 1 atom stereocenters. The van der Waals surface area contributed by atoms with Crippen LogP contribution < -0.4 is 5.73 Å². The normalized spacial score (nSPS) is 21.3. The molecule has 2 N–H and O–H groups in total. The minimum Gasteiger partial charge on any atom is -0.333 e. The first-order chi connectivity index (χ1) is 9.15. The van der Waals surface area contributed by atoms with Crippen molar-refractivity contribution in [2.75, 3.05) is 0 Å². The van der Waals surface area contributed by atoms with Crippen molar-refractivity contribution in [2.24, 2.45) is 29.4 Å². The first-order valence-corrected chi connectivity index (χ1v) is 7.90. The summed E-state index contributed by atoms with van der Waals surface area (Å²) in [5, 5.41) is 0. The van der Waals surface area contributed by atoms with Gasteiger partial charge in [0.1, 0.15) is 0 Å². The third kappa shape index (κ3) is 3.19. The molecular weight excluding hydrogens is 234 g/mol. The van der Waals surface area contributed by atoms with E-state index < -0.39 is 0 Å². The van der Waals surface area contributed by atoms with Crippen LogP contribution in [0.2, 0.25) is 0 Å². The van der Waals surface area contributed by atoms with E-state index in [1.807, 2.05) is 12.5 Å². The molecule has 2 saturated carbocycles. The molecule has 3 nitrogen and oxygen atoms in total. The monoisotopic (exact) mass is 261 g/mol. The molecule has 1 aromatic rings. The second-order valence-electron chi connectivity index (χ2n) is 7.05. The van der Waals surface area contributed by atoms with Crippen molar-refractivity contribution < 1.29 is 0 Å². The van der Waals surface area contributed by atoms with E-state index in [1.165, 1.54) is 31.4 Å². The van der Waals surface area contributed by atoms with Gasteiger partial charge in [0.15, 0.2) is 0 Å². The largest absolute Gasteiger partial charge is 0.333 e. The summed E-state index contributed by atoms with van der Waals surface area (Å²) in [6.07, 6.45) is 10.8. The minimum atomic E-state index is 0.140. The van der Waals surface area contributed by atoms with E-state index in [1.54, 1.807) is 0 Å². The van der Waals surface area contributed by atoms with Crippen LogP contribution in [0.25, 0.3) is 0 Å². The quantitative estimate of drug-likeness (QED) is 0.818. The Labute approximate surface area is 116 Å². The molecule has 19 heavy (non-hydrogen) atoms. The zero-order valence-corrected chi connectivity index (χ0v) is 12.3. The van der Waals surface area contributed by atoms with E-state index in [2.05, 4.69) is 23.4 Å². The third-order valence-electron chi connectivity index (χ3n) is 4.71. The molecule has 0 saturated heterocycles. The maximum Gasteiger partial charge on any atom is 0.0948 e. The van der Waals surface area contributed by atoms with Crippen molar-refractivity contribution in [3.05, 3.63) is 18.2 Å². The Morgan fingerprint density at radius 3 is 2.42 bits per heavy atom. The van der Waals surface area contributed by atoms with Gasteiger partial charge in [-0.3, -0.25) is 0 Å². The van der Waals surface area contributed by atoms with E-state index in [4.69, 9.17) is 5.73 Å². The van der Waals surface area contributed by atoms with Gasteiger partial charge in [0.25, 0.3) is 0 Å². The van der Waals surface area contributed by atoms with Crippen molar-refractivity contribution in [2.45, 2.75) is 58.5 Å². The van der Waals surface area contributed by atoms with E-state index in [0.717, 1.165) is 30.7 Å². The average molecular weight is 261 g/mol. The van der Waals surface area contributed by atoms with Crippen LogP contribution in [0.4, 0.5) is 0 Å². The Morgan fingerprint density at radius 1 is 1.26 bits per heavy atom. The summed E-state index contributed by atoms with van der Waals surface area (Å²) in [7, 11) is 0. The molecule has 106 valence electrons. The fraction of sp³-hybridized carbons (Fsp3) is 0.812. The third-order valence-corrected chi connectivity index (χ3v) is 4.71. The Morgan fingerprint density at radius 2 is 1.89 bits per heavy atom. The van der Waals surface area contributed by atoms with Crippen LogP contribution in [0.1, 0.15) is 57.7 Å². The topological polar surface area (TPSA) is 43.8 Å². The lowest BCUT2D eigenvalue weighted by atomic mass is 9.97. The number of rotatable bonds is 7. The maximum absolute atomic E-state index is 6.34. The van der Waals surface area contributed by atoms with Crippen LogP contribution in [-0.2, 0) is 6.54 Å². The van der Waals surface area contributed by atoms with E-state index in [9.17, 15) is 0 Å². The molecule has 0 aliphatic heterocycles. The Bertz CT molecular complexity index is 403. The van der Waals surface area contributed by atoms with Gasteiger partial charge < -0.3 is 10.3 Å². The first kappa shape index (κ1) is 13.2. The van der Waals surface area contributed by atoms with Crippen LogP contribution in [0.15, 0.2) is 12.5 Å².